The van der Waals surface area contributed by atoms with Crippen molar-refractivity contribution in [1.82, 2.24) is 9.55 Å². The van der Waals surface area contributed by atoms with Crippen molar-refractivity contribution in [3.8, 4) is 0 Å². The lowest BCUT2D eigenvalue weighted by molar-refractivity contribution is 0.102. The Labute approximate surface area is 123 Å². The molecule has 21 heavy (non-hydrogen) atoms. The van der Waals surface area contributed by atoms with Crippen LogP contribution in [0.4, 0.5) is 5.69 Å². The van der Waals surface area contributed by atoms with Gasteiger partial charge < -0.3 is 15.0 Å². The second-order valence-corrected chi connectivity index (χ2v) is 5.53. The summed E-state index contributed by atoms with van der Waals surface area (Å²) >= 11 is 0. The minimum atomic E-state index is -0.155. The first-order chi connectivity index (χ1) is 10.1. The summed E-state index contributed by atoms with van der Waals surface area (Å²) in [5, 5.41) is 12.1. The second-order valence-electron chi connectivity index (χ2n) is 5.53. The van der Waals surface area contributed by atoms with Crippen molar-refractivity contribution < 1.29 is 9.90 Å². The lowest BCUT2D eigenvalue weighted by Crippen LogP contribution is -2.14. The molecule has 2 aromatic rings. The summed E-state index contributed by atoms with van der Waals surface area (Å²) in [7, 11) is 0. The highest BCUT2D eigenvalue weighted by atomic mass is 16.3. The molecule has 0 bridgehead atoms. The van der Waals surface area contributed by atoms with Crippen molar-refractivity contribution in [1.29, 1.82) is 0 Å². The fraction of sp³-hybridized carbons (Fsp3) is 0.375. The van der Waals surface area contributed by atoms with Crippen molar-refractivity contribution >= 4 is 11.6 Å². The Hall–Kier alpha value is -2.14. The number of hydrogen-bond acceptors (Lipinski definition) is 3. The smallest absolute Gasteiger partial charge is 0.257 e. The van der Waals surface area contributed by atoms with Gasteiger partial charge in [0.15, 0.2) is 0 Å². The molecule has 110 valence electrons. The van der Waals surface area contributed by atoms with Crippen LogP contribution < -0.4 is 5.32 Å². The van der Waals surface area contributed by atoms with Gasteiger partial charge >= 0.3 is 0 Å². The third kappa shape index (κ3) is 2.56. The van der Waals surface area contributed by atoms with Crippen molar-refractivity contribution in [2.45, 2.75) is 39.3 Å². The number of aliphatic hydroxyl groups is 1. The van der Waals surface area contributed by atoms with Gasteiger partial charge in [-0.05, 0) is 38.8 Å². The predicted molar refractivity (Wildman–Crippen MR) is 80.3 cm³/mol. The standard InChI is InChI=1S/C16H19N3O2/c1-10-7-14(11(2)19(10)13-3-4-13)16(21)18-15-8-17-6-5-12(15)9-20/h5-8,13,20H,3-4,9H2,1-2H3,(H,18,21). The number of rotatable bonds is 4. The molecule has 3 rings (SSSR count). The largest absolute Gasteiger partial charge is 0.392 e. The van der Waals surface area contributed by atoms with E-state index < -0.39 is 0 Å². The van der Waals surface area contributed by atoms with Gasteiger partial charge in [-0.15, -0.1) is 0 Å². The van der Waals surface area contributed by atoms with Crippen LogP contribution in [0.1, 0.15) is 46.2 Å². The van der Waals surface area contributed by atoms with Gasteiger partial charge in [-0.25, -0.2) is 0 Å². The van der Waals surface area contributed by atoms with Gasteiger partial charge in [-0.2, -0.15) is 0 Å². The average Bonchev–Trinajstić information content (AvgIpc) is 3.25. The minimum Gasteiger partial charge on any atom is -0.392 e. The van der Waals surface area contributed by atoms with E-state index in [1.807, 2.05) is 19.9 Å². The molecule has 1 aliphatic rings. The number of pyridine rings is 1. The maximum Gasteiger partial charge on any atom is 0.257 e. The Morgan fingerprint density at radius 1 is 1.48 bits per heavy atom. The summed E-state index contributed by atoms with van der Waals surface area (Å²) < 4.78 is 2.24. The maximum absolute atomic E-state index is 12.5. The normalized spacial score (nSPS) is 14.2. The SMILES string of the molecule is Cc1cc(C(=O)Nc2cnccc2CO)c(C)n1C1CC1. The third-order valence-corrected chi connectivity index (χ3v) is 3.97. The van der Waals surface area contributed by atoms with Crippen molar-refractivity contribution in [2.75, 3.05) is 5.32 Å². The van der Waals surface area contributed by atoms with Crippen LogP contribution >= 0.6 is 0 Å². The fourth-order valence-electron chi connectivity index (χ4n) is 2.76. The molecule has 1 aliphatic carbocycles. The number of amides is 1. The number of aromatic nitrogens is 2. The second kappa shape index (κ2) is 5.33. The number of aryl methyl sites for hydroxylation is 1. The van der Waals surface area contributed by atoms with E-state index in [1.54, 1.807) is 18.5 Å². The van der Waals surface area contributed by atoms with Gasteiger partial charge in [-0.3, -0.25) is 9.78 Å². The van der Waals surface area contributed by atoms with Crippen LogP contribution in [-0.4, -0.2) is 20.6 Å². The van der Waals surface area contributed by atoms with E-state index >= 15 is 0 Å². The highest BCUT2D eigenvalue weighted by Crippen LogP contribution is 2.38. The van der Waals surface area contributed by atoms with E-state index in [-0.39, 0.29) is 12.5 Å². The number of aliphatic hydroxyl groups excluding tert-OH is 1. The van der Waals surface area contributed by atoms with E-state index in [2.05, 4.69) is 14.9 Å². The zero-order valence-corrected chi connectivity index (χ0v) is 12.3. The van der Waals surface area contributed by atoms with Gasteiger partial charge in [0.2, 0.25) is 0 Å². The Bertz CT molecular complexity index is 687. The molecular formula is C16H19N3O2. The first kappa shape index (κ1) is 13.8. The average molecular weight is 285 g/mol. The Balaban J connectivity index is 1.87. The summed E-state index contributed by atoms with van der Waals surface area (Å²) in [6.07, 6.45) is 5.53. The predicted octanol–water partition coefficient (Wildman–Crippen LogP) is 2.58. The lowest BCUT2D eigenvalue weighted by atomic mass is 10.2. The summed E-state index contributed by atoms with van der Waals surface area (Å²) in [4.78, 5) is 16.5. The first-order valence-corrected chi connectivity index (χ1v) is 7.15. The van der Waals surface area contributed by atoms with Crippen LogP contribution in [0, 0.1) is 13.8 Å². The molecule has 0 aliphatic heterocycles. The van der Waals surface area contributed by atoms with Crippen molar-refractivity contribution in [2.24, 2.45) is 0 Å². The van der Waals surface area contributed by atoms with Gasteiger partial charge in [-0.1, -0.05) is 0 Å². The Morgan fingerprint density at radius 2 is 2.24 bits per heavy atom. The molecular weight excluding hydrogens is 266 g/mol. The fourth-order valence-corrected chi connectivity index (χ4v) is 2.76. The van der Waals surface area contributed by atoms with Crippen LogP contribution in [0.25, 0.3) is 0 Å². The molecule has 1 fully saturated rings. The monoisotopic (exact) mass is 285 g/mol. The zero-order chi connectivity index (χ0) is 15.0. The molecule has 2 aromatic heterocycles. The van der Waals surface area contributed by atoms with Gasteiger partial charge in [0.1, 0.15) is 0 Å². The molecule has 5 nitrogen and oxygen atoms in total. The van der Waals surface area contributed by atoms with Crippen LogP contribution in [0.2, 0.25) is 0 Å². The Morgan fingerprint density at radius 3 is 2.90 bits per heavy atom. The molecule has 2 heterocycles. The van der Waals surface area contributed by atoms with Crippen LogP contribution in [-0.2, 0) is 6.61 Å². The summed E-state index contributed by atoms with van der Waals surface area (Å²) in [5.41, 5.74) is 4.03. The number of anilines is 1. The Kier molecular flexibility index (Phi) is 3.51. The van der Waals surface area contributed by atoms with E-state index in [0.29, 0.717) is 22.9 Å². The third-order valence-electron chi connectivity index (χ3n) is 3.97. The topological polar surface area (TPSA) is 67.2 Å². The minimum absolute atomic E-state index is 0.126. The molecule has 2 N–H and O–H groups in total. The van der Waals surface area contributed by atoms with Crippen LogP contribution in [0.15, 0.2) is 24.5 Å². The maximum atomic E-state index is 12.5. The summed E-state index contributed by atoms with van der Waals surface area (Å²) in [6, 6.07) is 4.18. The number of carbonyl (C=O) groups is 1. The molecule has 0 atom stereocenters. The van der Waals surface area contributed by atoms with Crippen LogP contribution in [0.3, 0.4) is 0 Å². The molecule has 0 spiro atoms. The zero-order valence-electron chi connectivity index (χ0n) is 12.3. The summed E-state index contributed by atoms with van der Waals surface area (Å²) in [5.74, 6) is -0.155. The molecule has 0 unspecified atom stereocenters. The van der Waals surface area contributed by atoms with Gasteiger partial charge in [0, 0.05) is 29.2 Å². The molecule has 5 heteroatoms. The number of nitrogens with zero attached hydrogens (tertiary/aromatic N) is 2. The van der Waals surface area contributed by atoms with E-state index in [0.717, 1.165) is 11.4 Å². The highest BCUT2D eigenvalue weighted by Gasteiger charge is 2.28. The summed E-state index contributed by atoms with van der Waals surface area (Å²) in [6.45, 7) is 3.89. The quantitative estimate of drug-likeness (QED) is 0.907. The molecule has 1 amide bonds. The molecule has 0 radical (unpaired) electrons. The number of carbonyl (C=O) groups excluding carboxylic acids is 1. The van der Waals surface area contributed by atoms with Gasteiger partial charge in [0.05, 0.1) is 24.1 Å². The molecule has 0 aromatic carbocycles. The van der Waals surface area contributed by atoms with Crippen LogP contribution in [0.5, 0.6) is 0 Å². The first-order valence-electron chi connectivity index (χ1n) is 7.15. The van der Waals surface area contributed by atoms with Gasteiger partial charge in [0.25, 0.3) is 5.91 Å². The highest BCUT2D eigenvalue weighted by molar-refractivity contribution is 6.05. The van der Waals surface area contributed by atoms with Crippen molar-refractivity contribution in [3.05, 3.63) is 47.0 Å². The van der Waals surface area contributed by atoms with E-state index in [9.17, 15) is 9.90 Å². The molecule has 1 saturated carbocycles. The van der Waals surface area contributed by atoms with E-state index in [1.165, 1.54) is 12.8 Å². The lowest BCUT2D eigenvalue weighted by Gasteiger charge is -2.10. The number of nitrogens with one attached hydrogen (secondary N) is 1. The molecule has 0 saturated heterocycles. The number of hydrogen-bond donors (Lipinski definition) is 2. The van der Waals surface area contributed by atoms with E-state index in [4.69, 9.17) is 0 Å². The van der Waals surface area contributed by atoms with Crippen molar-refractivity contribution in [3.63, 3.8) is 0 Å².